The first-order valence-electron chi connectivity index (χ1n) is 8.67. The number of aromatic nitrogens is 2. The van der Waals surface area contributed by atoms with E-state index in [4.69, 9.17) is 0 Å². The molecule has 0 spiro atoms. The maximum Gasteiger partial charge on any atom is 0.223 e. The van der Waals surface area contributed by atoms with E-state index in [1.807, 2.05) is 29.1 Å². The molecule has 1 fully saturated rings. The zero-order chi connectivity index (χ0) is 16.8. The molecule has 128 valence electrons. The Balaban J connectivity index is 1.51. The van der Waals surface area contributed by atoms with Crippen molar-refractivity contribution < 1.29 is 9.90 Å². The number of rotatable bonds is 6. The molecule has 1 aliphatic carbocycles. The van der Waals surface area contributed by atoms with Crippen molar-refractivity contribution in [3.63, 3.8) is 0 Å². The first-order valence-corrected chi connectivity index (χ1v) is 8.67. The van der Waals surface area contributed by atoms with Crippen LogP contribution in [0.25, 0.3) is 0 Å². The Labute approximate surface area is 142 Å². The normalized spacial score (nSPS) is 16.7. The highest BCUT2D eigenvalue weighted by molar-refractivity contribution is 5.77. The second kappa shape index (κ2) is 7.62. The van der Waals surface area contributed by atoms with E-state index in [2.05, 4.69) is 22.5 Å². The quantitative estimate of drug-likeness (QED) is 0.857. The molecule has 2 N–H and O–H groups in total. The SMILES string of the molecule is O=C(CC1(O)CCCCC1)NCc1cccc(Cn2cccn2)c1. The highest BCUT2D eigenvalue weighted by Crippen LogP contribution is 2.30. The van der Waals surface area contributed by atoms with E-state index >= 15 is 0 Å². The van der Waals surface area contributed by atoms with Crippen LogP contribution in [-0.4, -0.2) is 26.4 Å². The minimum absolute atomic E-state index is 0.0723. The standard InChI is InChI=1S/C19H25N3O2/c23-18(13-19(24)8-2-1-3-9-19)20-14-16-6-4-7-17(12-16)15-22-11-5-10-21-22/h4-7,10-12,24H,1-3,8-9,13-15H2,(H,20,23). The number of nitrogens with zero attached hydrogens (tertiary/aromatic N) is 2. The van der Waals surface area contributed by atoms with Gasteiger partial charge in [0.1, 0.15) is 0 Å². The van der Waals surface area contributed by atoms with Crippen LogP contribution in [0.3, 0.4) is 0 Å². The Bertz CT molecular complexity index is 661. The summed E-state index contributed by atoms with van der Waals surface area (Å²) in [6.45, 7) is 1.20. The predicted molar refractivity (Wildman–Crippen MR) is 92.3 cm³/mol. The van der Waals surface area contributed by atoms with Crippen molar-refractivity contribution in [2.24, 2.45) is 0 Å². The number of aliphatic hydroxyl groups is 1. The van der Waals surface area contributed by atoms with Crippen LogP contribution in [-0.2, 0) is 17.9 Å². The molecule has 1 amide bonds. The molecular formula is C19H25N3O2. The highest BCUT2D eigenvalue weighted by atomic mass is 16.3. The summed E-state index contributed by atoms with van der Waals surface area (Å²) in [4.78, 5) is 12.1. The minimum atomic E-state index is -0.801. The summed E-state index contributed by atoms with van der Waals surface area (Å²) in [5, 5.41) is 17.6. The molecular weight excluding hydrogens is 302 g/mol. The van der Waals surface area contributed by atoms with E-state index in [1.165, 1.54) is 0 Å². The van der Waals surface area contributed by atoms with Crippen molar-refractivity contribution >= 4 is 5.91 Å². The van der Waals surface area contributed by atoms with Crippen molar-refractivity contribution in [1.29, 1.82) is 0 Å². The van der Waals surface area contributed by atoms with Gasteiger partial charge < -0.3 is 10.4 Å². The number of carbonyl (C=O) groups excluding carboxylic acids is 1. The largest absolute Gasteiger partial charge is 0.389 e. The maximum absolute atomic E-state index is 12.1. The molecule has 1 aromatic carbocycles. The Morgan fingerprint density at radius 2 is 2.00 bits per heavy atom. The average molecular weight is 327 g/mol. The molecule has 1 saturated carbocycles. The van der Waals surface area contributed by atoms with E-state index in [-0.39, 0.29) is 12.3 Å². The van der Waals surface area contributed by atoms with Crippen molar-refractivity contribution in [3.8, 4) is 0 Å². The van der Waals surface area contributed by atoms with E-state index < -0.39 is 5.60 Å². The molecule has 0 saturated heterocycles. The molecule has 3 rings (SSSR count). The summed E-state index contributed by atoms with van der Waals surface area (Å²) >= 11 is 0. The van der Waals surface area contributed by atoms with Crippen molar-refractivity contribution in [2.75, 3.05) is 0 Å². The van der Waals surface area contributed by atoms with Gasteiger partial charge in [0.25, 0.3) is 0 Å². The molecule has 1 heterocycles. The maximum atomic E-state index is 12.1. The number of hydrogen-bond donors (Lipinski definition) is 2. The molecule has 24 heavy (non-hydrogen) atoms. The number of amides is 1. The van der Waals surface area contributed by atoms with Gasteiger partial charge in [-0.1, -0.05) is 43.5 Å². The monoisotopic (exact) mass is 327 g/mol. The van der Waals surface area contributed by atoms with Crippen molar-refractivity contribution in [3.05, 3.63) is 53.9 Å². The van der Waals surface area contributed by atoms with Crippen LogP contribution >= 0.6 is 0 Å². The smallest absolute Gasteiger partial charge is 0.223 e. The fourth-order valence-electron chi connectivity index (χ4n) is 3.37. The zero-order valence-corrected chi connectivity index (χ0v) is 13.9. The van der Waals surface area contributed by atoms with Crippen LogP contribution in [0.2, 0.25) is 0 Å². The highest BCUT2D eigenvalue weighted by Gasteiger charge is 2.31. The molecule has 2 aromatic rings. The number of carbonyl (C=O) groups is 1. The second-order valence-corrected chi connectivity index (χ2v) is 6.76. The zero-order valence-electron chi connectivity index (χ0n) is 13.9. The lowest BCUT2D eigenvalue weighted by Crippen LogP contribution is -2.38. The van der Waals surface area contributed by atoms with Gasteiger partial charge in [0.15, 0.2) is 0 Å². The topological polar surface area (TPSA) is 67.2 Å². The first kappa shape index (κ1) is 16.7. The summed E-state index contributed by atoms with van der Waals surface area (Å²) in [5.74, 6) is -0.0723. The third kappa shape index (κ3) is 4.68. The van der Waals surface area contributed by atoms with Gasteiger partial charge in [-0.05, 0) is 30.0 Å². The number of hydrogen-bond acceptors (Lipinski definition) is 3. The van der Waals surface area contributed by atoms with Gasteiger partial charge in [-0.3, -0.25) is 9.48 Å². The third-order valence-corrected chi connectivity index (χ3v) is 4.66. The Kier molecular flexibility index (Phi) is 5.30. The fourth-order valence-corrected chi connectivity index (χ4v) is 3.37. The van der Waals surface area contributed by atoms with Gasteiger partial charge in [0.2, 0.25) is 5.91 Å². The fraction of sp³-hybridized carbons (Fsp3) is 0.474. The Morgan fingerprint density at radius 3 is 2.75 bits per heavy atom. The summed E-state index contributed by atoms with van der Waals surface area (Å²) in [5.41, 5.74) is 1.41. The van der Waals surface area contributed by atoms with Crippen molar-refractivity contribution in [1.82, 2.24) is 15.1 Å². The van der Waals surface area contributed by atoms with E-state index in [1.54, 1.807) is 6.20 Å². The van der Waals surface area contributed by atoms with E-state index in [0.717, 1.165) is 43.2 Å². The van der Waals surface area contributed by atoms with Gasteiger partial charge in [-0.15, -0.1) is 0 Å². The molecule has 1 aliphatic rings. The van der Waals surface area contributed by atoms with Crippen LogP contribution < -0.4 is 5.32 Å². The lowest BCUT2D eigenvalue weighted by atomic mass is 9.82. The summed E-state index contributed by atoms with van der Waals surface area (Å²) in [6.07, 6.45) is 8.56. The number of benzene rings is 1. The molecule has 0 unspecified atom stereocenters. The Hall–Kier alpha value is -2.14. The third-order valence-electron chi connectivity index (χ3n) is 4.66. The van der Waals surface area contributed by atoms with Crippen LogP contribution in [0.5, 0.6) is 0 Å². The van der Waals surface area contributed by atoms with Gasteiger partial charge in [0.05, 0.1) is 18.6 Å². The van der Waals surface area contributed by atoms with Crippen LogP contribution in [0, 0.1) is 0 Å². The average Bonchev–Trinajstić information content (AvgIpc) is 3.06. The van der Waals surface area contributed by atoms with Crippen LogP contribution in [0.15, 0.2) is 42.7 Å². The predicted octanol–water partition coefficient (Wildman–Crippen LogP) is 2.63. The second-order valence-electron chi connectivity index (χ2n) is 6.76. The van der Waals surface area contributed by atoms with Gasteiger partial charge in [-0.25, -0.2) is 0 Å². The molecule has 5 heteroatoms. The van der Waals surface area contributed by atoms with Gasteiger partial charge in [0, 0.05) is 18.9 Å². The molecule has 0 radical (unpaired) electrons. The lowest BCUT2D eigenvalue weighted by Gasteiger charge is -2.31. The molecule has 5 nitrogen and oxygen atoms in total. The van der Waals surface area contributed by atoms with Gasteiger partial charge in [-0.2, -0.15) is 5.10 Å². The summed E-state index contributed by atoms with van der Waals surface area (Å²) in [7, 11) is 0. The van der Waals surface area contributed by atoms with E-state index in [0.29, 0.717) is 13.1 Å². The minimum Gasteiger partial charge on any atom is -0.389 e. The molecule has 0 aliphatic heterocycles. The molecule has 1 aromatic heterocycles. The van der Waals surface area contributed by atoms with Crippen molar-refractivity contribution in [2.45, 2.75) is 57.2 Å². The molecule has 0 atom stereocenters. The van der Waals surface area contributed by atoms with E-state index in [9.17, 15) is 9.90 Å². The summed E-state index contributed by atoms with van der Waals surface area (Å²) in [6, 6.07) is 10.0. The first-order chi connectivity index (χ1) is 11.6. The summed E-state index contributed by atoms with van der Waals surface area (Å²) < 4.78 is 1.87. The number of nitrogens with one attached hydrogen (secondary N) is 1. The lowest BCUT2D eigenvalue weighted by molar-refractivity contribution is -0.127. The Morgan fingerprint density at radius 1 is 1.21 bits per heavy atom. The molecule has 0 bridgehead atoms. The van der Waals surface area contributed by atoms with Gasteiger partial charge >= 0.3 is 0 Å². The van der Waals surface area contributed by atoms with Crippen LogP contribution in [0.1, 0.15) is 49.7 Å². The van der Waals surface area contributed by atoms with Crippen LogP contribution in [0.4, 0.5) is 0 Å².